The molecule has 2 heterocycles. The Hall–Kier alpha value is -3.49. The van der Waals surface area contributed by atoms with Gasteiger partial charge in [-0.05, 0) is 62.0 Å². The van der Waals surface area contributed by atoms with Gasteiger partial charge in [0.05, 0.1) is 29.5 Å². The highest BCUT2D eigenvalue weighted by Crippen LogP contribution is 2.35. The molecule has 0 saturated carbocycles. The second-order valence-electron chi connectivity index (χ2n) is 8.61. The number of aliphatic imine (C=N–C) groups is 2. The fraction of sp³-hybridized carbons (Fsp3) is 0.360. The second kappa shape index (κ2) is 12.1. The van der Waals surface area contributed by atoms with E-state index in [1.54, 1.807) is 0 Å². The number of halogens is 4. The Labute approximate surface area is 223 Å². The summed E-state index contributed by atoms with van der Waals surface area (Å²) >= 11 is 0. The molecule has 0 bridgehead atoms. The zero-order chi connectivity index (χ0) is 28.8. The Morgan fingerprint density at radius 1 is 1.26 bits per heavy atom. The third-order valence-electron chi connectivity index (χ3n) is 6.16. The first-order valence-electron chi connectivity index (χ1n) is 11.6. The molecular weight excluding hydrogens is 542 g/mol. The van der Waals surface area contributed by atoms with E-state index in [2.05, 4.69) is 27.0 Å². The van der Waals surface area contributed by atoms with Crippen molar-refractivity contribution in [3.05, 3.63) is 71.4 Å². The minimum atomic E-state index is -4.59. The van der Waals surface area contributed by atoms with Crippen LogP contribution in [0.5, 0.6) is 0 Å². The van der Waals surface area contributed by atoms with Crippen LogP contribution < -0.4 is 5.32 Å². The molecule has 0 radical (unpaired) electrons. The van der Waals surface area contributed by atoms with Gasteiger partial charge in [-0.1, -0.05) is 0 Å². The van der Waals surface area contributed by atoms with Gasteiger partial charge in [-0.15, -0.1) is 0 Å². The van der Waals surface area contributed by atoms with Crippen LogP contribution in [0, 0.1) is 5.82 Å². The van der Waals surface area contributed by atoms with Crippen LogP contribution in [0.4, 0.5) is 17.6 Å². The minimum Gasteiger partial charge on any atom is -0.382 e. The molecule has 39 heavy (non-hydrogen) atoms. The number of allylic oxidation sites excluding steroid dienone is 1. The minimum absolute atomic E-state index is 0.0481. The van der Waals surface area contributed by atoms with Crippen LogP contribution in [0.1, 0.15) is 24.1 Å². The standard InChI is InChI=1S/C25H27F4N5O4S/c1-30-19(13-21(31-2)17-5-10-22(32-14-17)25(27,28)29)15-33-23(35)24(16-38-3)11-4-12-34(24)39(36,37)20-8-6-18(26)7-9-20/h5-10,13-14H,1,4,11-12,15-16H2,2-3H3,(H,33,35)/b19-13-,31-21?/t24-/m1/s1. The number of carbonyl (C=O) groups is 1. The van der Waals surface area contributed by atoms with E-state index >= 15 is 0 Å². The summed E-state index contributed by atoms with van der Waals surface area (Å²) in [6.07, 6.45) is -1.60. The normalized spacial score (nSPS) is 19.2. The molecule has 1 aliphatic rings. The van der Waals surface area contributed by atoms with Crippen molar-refractivity contribution in [2.45, 2.75) is 29.5 Å². The maximum atomic E-state index is 13.5. The van der Waals surface area contributed by atoms with E-state index in [0.717, 1.165) is 40.8 Å². The molecule has 1 atom stereocenters. The van der Waals surface area contributed by atoms with Crippen LogP contribution in [0.2, 0.25) is 0 Å². The number of nitrogens with zero attached hydrogens (tertiary/aromatic N) is 4. The molecule has 210 valence electrons. The molecule has 0 aliphatic carbocycles. The van der Waals surface area contributed by atoms with Crippen molar-refractivity contribution in [1.29, 1.82) is 0 Å². The molecular formula is C25H27F4N5O4S. The van der Waals surface area contributed by atoms with E-state index in [1.807, 2.05) is 0 Å². The van der Waals surface area contributed by atoms with Crippen LogP contribution in [-0.2, 0) is 25.7 Å². The quantitative estimate of drug-likeness (QED) is 0.349. The number of aromatic nitrogens is 1. The number of methoxy groups -OCH3 is 1. The van der Waals surface area contributed by atoms with Gasteiger partial charge in [-0.3, -0.25) is 19.8 Å². The lowest BCUT2D eigenvalue weighted by atomic mass is 9.97. The van der Waals surface area contributed by atoms with E-state index in [4.69, 9.17) is 4.74 Å². The average Bonchev–Trinajstić information content (AvgIpc) is 3.34. The van der Waals surface area contributed by atoms with Gasteiger partial charge >= 0.3 is 6.18 Å². The van der Waals surface area contributed by atoms with Gasteiger partial charge in [0.25, 0.3) is 0 Å². The molecule has 2 aromatic rings. The van der Waals surface area contributed by atoms with Crippen LogP contribution in [0.25, 0.3) is 0 Å². The Morgan fingerprint density at radius 2 is 1.95 bits per heavy atom. The fourth-order valence-corrected chi connectivity index (χ4v) is 6.04. The first kappa shape index (κ1) is 30.1. The lowest BCUT2D eigenvalue weighted by Gasteiger charge is -2.35. The second-order valence-corrected chi connectivity index (χ2v) is 10.5. The molecule has 1 saturated heterocycles. The Balaban J connectivity index is 1.83. The number of ether oxygens (including phenoxy) is 1. The molecule has 0 spiro atoms. The van der Waals surface area contributed by atoms with Gasteiger partial charge in [-0.25, -0.2) is 12.8 Å². The average molecular weight is 570 g/mol. The summed E-state index contributed by atoms with van der Waals surface area (Å²) < 4.78 is 85.0. The predicted octanol–water partition coefficient (Wildman–Crippen LogP) is 3.23. The van der Waals surface area contributed by atoms with Crippen LogP contribution in [-0.4, -0.2) is 75.4 Å². The first-order valence-corrected chi connectivity index (χ1v) is 13.1. The van der Waals surface area contributed by atoms with E-state index in [-0.39, 0.29) is 48.0 Å². The van der Waals surface area contributed by atoms with Crippen LogP contribution in [0.3, 0.4) is 0 Å². The topological polar surface area (TPSA) is 113 Å². The largest absolute Gasteiger partial charge is 0.433 e. The van der Waals surface area contributed by atoms with Crippen molar-refractivity contribution in [3.63, 3.8) is 0 Å². The predicted molar refractivity (Wildman–Crippen MR) is 136 cm³/mol. The zero-order valence-electron chi connectivity index (χ0n) is 21.2. The molecule has 1 aromatic heterocycles. The van der Waals surface area contributed by atoms with E-state index in [9.17, 15) is 30.8 Å². The van der Waals surface area contributed by atoms with Gasteiger partial charge in [0.15, 0.2) is 0 Å². The van der Waals surface area contributed by atoms with Gasteiger partial charge < -0.3 is 10.1 Å². The number of hydrogen-bond acceptors (Lipinski definition) is 7. The summed E-state index contributed by atoms with van der Waals surface area (Å²) in [6.45, 7) is 3.09. The summed E-state index contributed by atoms with van der Waals surface area (Å²) in [5, 5.41) is 2.67. The number of nitrogens with one attached hydrogen (secondary N) is 1. The Bertz CT molecular complexity index is 1360. The molecule has 9 nitrogen and oxygen atoms in total. The number of benzene rings is 1. The van der Waals surface area contributed by atoms with Gasteiger partial charge in [0.2, 0.25) is 15.9 Å². The van der Waals surface area contributed by atoms with Crippen molar-refractivity contribution >= 4 is 28.4 Å². The number of amides is 1. The summed E-state index contributed by atoms with van der Waals surface area (Å²) in [4.78, 5) is 24.7. The number of sulfonamides is 1. The van der Waals surface area contributed by atoms with Crippen molar-refractivity contribution in [1.82, 2.24) is 14.6 Å². The Kier molecular flexibility index (Phi) is 9.35. The van der Waals surface area contributed by atoms with Gasteiger partial charge in [-0.2, -0.15) is 17.5 Å². The molecule has 1 N–H and O–H groups in total. The number of carbonyl (C=O) groups excluding carboxylic acids is 1. The number of pyridine rings is 1. The lowest BCUT2D eigenvalue weighted by molar-refractivity contribution is -0.141. The summed E-state index contributed by atoms with van der Waals surface area (Å²) in [6, 6.07) is 6.32. The maximum Gasteiger partial charge on any atom is 0.433 e. The van der Waals surface area contributed by atoms with Crippen molar-refractivity contribution in [2.24, 2.45) is 9.98 Å². The maximum absolute atomic E-state index is 13.5. The van der Waals surface area contributed by atoms with Gasteiger partial charge in [0, 0.05) is 32.5 Å². The third-order valence-corrected chi connectivity index (χ3v) is 8.14. The monoisotopic (exact) mass is 569 g/mol. The Morgan fingerprint density at radius 3 is 2.49 bits per heavy atom. The smallest absolute Gasteiger partial charge is 0.382 e. The molecule has 3 rings (SSSR count). The van der Waals surface area contributed by atoms with Crippen molar-refractivity contribution in [2.75, 3.05) is 33.9 Å². The molecule has 14 heteroatoms. The number of hydrogen-bond donors (Lipinski definition) is 1. The summed E-state index contributed by atoms with van der Waals surface area (Å²) in [7, 11) is -1.41. The highest BCUT2D eigenvalue weighted by atomic mass is 32.2. The van der Waals surface area contributed by atoms with Crippen molar-refractivity contribution in [3.8, 4) is 0 Å². The summed E-state index contributed by atoms with van der Waals surface area (Å²) in [5.41, 5.74) is -1.91. The first-order chi connectivity index (χ1) is 18.4. The third kappa shape index (κ3) is 6.57. The lowest BCUT2D eigenvalue weighted by Crippen LogP contribution is -2.60. The van der Waals surface area contributed by atoms with Gasteiger partial charge in [0.1, 0.15) is 17.1 Å². The summed E-state index contributed by atoms with van der Waals surface area (Å²) in [5.74, 6) is -1.25. The molecule has 1 aliphatic heterocycles. The molecule has 0 unspecified atom stereocenters. The number of alkyl halides is 3. The fourth-order valence-electron chi connectivity index (χ4n) is 4.25. The molecule has 1 aromatic carbocycles. The SMILES string of the molecule is C=N/C(=C\C(=NC)c1ccc(C(F)(F)F)nc1)CNC(=O)[C@]1(COC)CCCN1S(=O)(=O)c1ccc(F)cc1. The molecule has 1 amide bonds. The van der Waals surface area contributed by atoms with Crippen molar-refractivity contribution < 1.29 is 35.5 Å². The van der Waals surface area contributed by atoms with E-state index in [0.29, 0.717) is 6.42 Å². The highest BCUT2D eigenvalue weighted by Gasteiger charge is 2.53. The number of rotatable bonds is 10. The van der Waals surface area contributed by atoms with Crippen LogP contribution >= 0.6 is 0 Å². The van der Waals surface area contributed by atoms with E-state index < -0.39 is 39.2 Å². The van der Waals surface area contributed by atoms with Crippen LogP contribution in [0.15, 0.2) is 69.2 Å². The highest BCUT2D eigenvalue weighted by molar-refractivity contribution is 7.89. The molecule has 1 fully saturated rings. The zero-order valence-corrected chi connectivity index (χ0v) is 22.0. The van der Waals surface area contributed by atoms with E-state index in [1.165, 1.54) is 26.3 Å².